The third kappa shape index (κ3) is 4.06. The van der Waals surface area contributed by atoms with Gasteiger partial charge in [0.05, 0.1) is 12.2 Å². The Morgan fingerprint density at radius 2 is 2.19 bits per heavy atom. The summed E-state index contributed by atoms with van der Waals surface area (Å²) in [4.78, 5) is 0. The second-order valence-electron chi connectivity index (χ2n) is 3.99. The molecule has 3 nitrogen and oxygen atoms in total. The van der Waals surface area contributed by atoms with Crippen LogP contribution in [0.2, 0.25) is 5.02 Å². The van der Waals surface area contributed by atoms with Crippen molar-refractivity contribution in [2.75, 3.05) is 13.2 Å². The molecule has 0 saturated carbocycles. The van der Waals surface area contributed by atoms with E-state index in [-0.39, 0.29) is 19.0 Å². The van der Waals surface area contributed by atoms with Gasteiger partial charge < -0.3 is 15.5 Å². The van der Waals surface area contributed by atoms with Crippen LogP contribution in [0.25, 0.3) is 0 Å². The predicted octanol–water partition coefficient (Wildman–Crippen LogP) is 1.31. The van der Waals surface area contributed by atoms with Crippen molar-refractivity contribution in [2.45, 2.75) is 19.1 Å². The molecule has 16 heavy (non-hydrogen) atoms. The first-order valence-electron chi connectivity index (χ1n) is 4.92. The summed E-state index contributed by atoms with van der Waals surface area (Å²) in [5, 5.41) is 21.7. The molecule has 1 aromatic carbocycles. The van der Waals surface area contributed by atoms with Crippen LogP contribution in [0.4, 0.5) is 4.39 Å². The van der Waals surface area contributed by atoms with Crippen LogP contribution in [0.5, 0.6) is 0 Å². The van der Waals surface area contributed by atoms with E-state index in [0.29, 0.717) is 17.1 Å². The van der Waals surface area contributed by atoms with Crippen molar-refractivity contribution in [1.29, 1.82) is 0 Å². The maximum Gasteiger partial charge on any atom is 0.123 e. The molecule has 0 heterocycles. The second-order valence-corrected chi connectivity index (χ2v) is 4.40. The Kier molecular flexibility index (Phi) is 4.68. The third-order valence-corrected chi connectivity index (χ3v) is 2.54. The monoisotopic (exact) mass is 247 g/mol. The molecule has 0 aliphatic heterocycles. The average molecular weight is 248 g/mol. The number of hydrogen-bond donors (Lipinski definition) is 3. The van der Waals surface area contributed by atoms with Crippen LogP contribution in [-0.2, 0) is 6.54 Å². The van der Waals surface area contributed by atoms with Crippen LogP contribution in [0.1, 0.15) is 12.5 Å². The van der Waals surface area contributed by atoms with Crippen molar-refractivity contribution in [3.63, 3.8) is 0 Å². The van der Waals surface area contributed by atoms with Gasteiger partial charge >= 0.3 is 0 Å². The maximum atomic E-state index is 12.9. The van der Waals surface area contributed by atoms with Gasteiger partial charge in [-0.15, -0.1) is 0 Å². The van der Waals surface area contributed by atoms with E-state index >= 15 is 0 Å². The fourth-order valence-electron chi connectivity index (χ4n) is 1.20. The zero-order valence-corrected chi connectivity index (χ0v) is 9.76. The molecule has 0 aromatic heterocycles. The number of aliphatic hydroxyl groups is 2. The molecular formula is C11H15ClFNO2. The second kappa shape index (κ2) is 5.59. The Morgan fingerprint density at radius 3 is 2.81 bits per heavy atom. The Hall–Kier alpha value is -0.680. The highest BCUT2D eigenvalue weighted by molar-refractivity contribution is 6.31. The van der Waals surface area contributed by atoms with E-state index in [9.17, 15) is 9.50 Å². The SMILES string of the molecule is CC(O)(CO)CNCc1cc(F)ccc1Cl. The molecular weight excluding hydrogens is 233 g/mol. The molecule has 1 rings (SSSR count). The summed E-state index contributed by atoms with van der Waals surface area (Å²) >= 11 is 5.86. The van der Waals surface area contributed by atoms with Gasteiger partial charge in [-0.1, -0.05) is 11.6 Å². The van der Waals surface area contributed by atoms with Crippen molar-refractivity contribution in [1.82, 2.24) is 5.32 Å². The lowest BCUT2D eigenvalue weighted by atomic mass is 10.1. The molecule has 0 saturated heterocycles. The Bertz CT molecular complexity index is 358. The highest BCUT2D eigenvalue weighted by atomic mass is 35.5. The van der Waals surface area contributed by atoms with Gasteiger partial charge in [0, 0.05) is 18.1 Å². The third-order valence-electron chi connectivity index (χ3n) is 2.17. The Morgan fingerprint density at radius 1 is 1.50 bits per heavy atom. The Balaban J connectivity index is 2.52. The number of nitrogens with one attached hydrogen (secondary N) is 1. The highest BCUT2D eigenvalue weighted by Crippen LogP contribution is 2.16. The van der Waals surface area contributed by atoms with Crippen molar-refractivity contribution >= 4 is 11.6 Å². The molecule has 5 heteroatoms. The van der Waals surface area contributed by atoms with Crippen LogP contribution >= 0.6 is 11.6 Å². The first-order chi connectivity index (χ1) is 7.44. The molecule has 1 aromatic rings. The van der Waals surface area contributed by atoms with Gasteiger partial charge in [0.25, 0.3) is 0 Å². The highest BCUT2D eigenvalue weighted by Gasteiger charge is 2.18. The lowest BCUT2D eigenvalue weighted by Crippen LogP contribution is -2.40. The van der Waals surface area contributed by atoms with E-state index in [1.54, 1.807) is 0 Å². The van der Waals surface area contributed by atoms with E-state index in [1.165, 1.54) is 25.1 Å². The predicted molar refractivity (Wildman–Crippen MR) is 60.8 cm³/mol. The maximum absolute atomic E-state index is 12.9. The van der Waals surface area contributed by atoms with Crippen molar-refractivity contribution in [3.8, 4) is 0 Å². The molecule has 1 unspecified atom stereocenters. The first kappa shape index (κ1) is 13.4. The molecule has 0 aliphatic rings. The quantitative estimate of drug-likeness (QED) is 0.736. The minimum Gasteiger partial charge on any atom is -0.393 e. The summed E-state index contributed by atoms with van der Waals surface area (Å²) in [5.74, 6) is -0.352. The number of benzene rings is 1. The normalized spacial score (nSPS) is 14.8. The van der Waals surface area contributed by atoms with Gasteiger partial charge in [0.1, 0.15) is 5.82 Å². The van der Waals surface area contributed by atoms with E-state index in [1.807, 2.05) is 0 Å². The lowest BCUT2D eigenvalue weighted by molar-refractivity contribution is 0.00254. The van der Waals surface area contributed by atoms with Crippen molar-refractivity contribution in [3.05, 3.63) is 34.6 Å². The zero-order valence-electron chi connectivity index (χ0n) is 9.00. The number of halogens is 2. The summed E-state index contributed by atoms with van der Waals surface area (Å²) < 4.78 is 12.9. The van der Waals surface area contributed by atoms with Gasteiger partial charge in [0.15, 0.2) is 0 Å². The summed E-state index contributed by atoms with van der Waals surface area (Å²) in [6, 6.07) is 4.11. The molecule has 90 valence electrons. The van der Waals surface area contributed by atoms with Gasteiger partial charge in [-0.3, -0.25) is 0 Å². The minimum atomic E-state index is -1.18. The molecule has 0 spiro atoms. The average Bonchev–Trinajstić information content (AvgIpc) is 2.23. The fraction of sp³-hybridized carbons (Fsp3) is 0.455. The largest absolute Gasteiger partial charge is 0.393 e. The molecule has 3 N–H and O–H groups in total. The molecule has 0 fully saturated rings. The van der Waals surface area contributed by atoms with E-state index in [2.05, 4.69) is 5.32 Å². The van der Waals surface area contributed by atoms with Gasteiger partial charge in [-0.05, 0) is 30.7 Å². The summed E-state index contributed by atoms with van der Waals surface area (Å²) in [6.45, 7) is 1.72. The summed E-state index contributed by atoms with van der Waals surface area (Å²) in [6.07, 6.45) is 0. The van der Waals surface area contributed by atoms with Crippen LogP contribution in [-0.4, -0.2) is 29.0 Å². The molecule has 0 amide bonds. The first-order valence-corrected chi connectivity index (χ1v) is 5.30. The van der Waals surface area contributed by atoms with Gasteiger partial charge in [-0.2, -0.15) is 0 Å². The van der Waals surface area contributed by atoms with Crippen LogP contribution < -0.4 is 5.32 Å². The standard InChI is InChI=1S/C11H15ClFNO2/c1-11(16,7-15)6-14-5-8-4-9(13)2-3-10(8)12/h2-4,14-16H,5-7H2,1H3. The fourth-order valence-corrected chi connectivity index (χ4v) is 1.39. The van der Waals surface area contributed by atoms with Crippen molar-refractivity contribution in [2.24, 2.45) is 0 Å². The van der Waals surface area contributed by atoms with Crippen LogP contribution in [0.15, 0.2) is 18.2 Å². The summed E-state index contributed by atoms with van der Waals surface area (Å²) in [7, 11) is 0. The van der Waals surface area contributed by atoms with Crippen molar-refractivity contribution < 1.29 is 14.6 Å². The number of rotatable bonds is 5. The van der Waals surface area contributed by atoms with Crippen LogP contribution in [0, 0.1) is 5.82 Å². The lowest BCUT2D eigenvalue weighted by Gasteiger charge is -2.20. The zero-order chi connectivity index (χ0) is 12.2. The van der Waals surface area contributed by atoms with E-state index in [0.717, 1.165) is 0 Å². The molecule has 1 atom stereocenters. The van der Waals surface area contributed by atoms with Gasteiger partial charge in [-0.25, -0.2) is 4.39 Å². The summed E-state index contributed by atoms with van der Waals surface area (Å²) in [5.41, 5.74) is -0.560. The topological polar surface area (TPSA) is 52.5 Å². The van der Waals surface area contributed by atoms with Gasteiger partial charge in [0.2, 0.25) is 0 Å². The molecule has 0 radical (unpaired) electrons. The number of hydrogen-bond acceptors (Lipinski definition) is 3. The molecule has 0 bridgehead atoms. The Labute approximate surface area is 98.9 Å². The number of aliphatic hydroxyl groups excluding tert-OH is 1. The smallest absolute Gasteiger partial charge is 0.123 e. The van der Waals surface area contributed by atoms with E-state index < -0.39 is 5.60 Å². The minimum absolute atomic E-state index is 0.205. The van der Waals surface area contributed by atoms with E-state index in [4.69, 9.17) is 16.7 Å². The van der Waals surface area contributed by atoms with Crippen LogP contribution in [0.3, 0.4) is 0 Å². The molecule has 0 aliphatic carbocycles.